The number of anilines is 2. The second-order valence-electron chi connectivity index (χ2n) is 6.75. The number of halogens is 1. The first-order valence-corrected chi connectivity index (χ1v) is 9.05. The summed E-state index contributed by atoms with van der Waals surface area (Å²) in [6, 6.07) is 14.4. The lowest BCUT2D eigenvalue weighted by Crippen LogP contribution is -2.38. The molecule has 0 fully saturated rings. The maximum Gasteiger partial charge on any atom is 0.265 e. The number of amides is 2. The predicted molar refractivity (Wildman–Crippen MR) is 106 cm³/mol. The van der Waals surface area contributed by atoms with E-state index in [9.17, 15) is 14.0 Å². The van der Waals surface area contributed by atoms with Crippen LogP contribution in [0.1, 0.15) is 21.5 Å². The lowest BCUT2D eigenvalue weighted by Gasteiger charge is -2.29. The zero-order chi connectivity index (χ0) is 20.4. The van der Waals surface area contributed by atoms with Crippen LogP contribution in [0.25, 0.3) is 0 Å². The Balaban J connectivity index is 1.60. The average Bonchev–Trinajstić information content (AvgIpc) is 2.73. The Hall–Kier alpha value is -3.74. The van der Waals surface area contributed by atoms with Crippen molar-refractivity contribution in [3.63, 3.8) is 0 Å². The zero-order valence-electron chi connectivity index (χ0n) is 15.7. The number of fused-ring (bicyclic) bond motifs is 1. The van der Waals surface area contributed by atoms with Gasteiger partial charge in [0.05, 0.1) is 12.2 Å². The van der Waals surface area contributed by atoms with Crippen molar-refractivity contribution in [3.05, 3.63) is 83.3 Å². The molecule has 7 heteroatoms. The Bertz CT molecular complexity index is 1070. The topological polar surface area (TPSA) is 71.5 Å². The first-order valence-electron chi connectivity index (χ1n) is 9.05. The van der Waals surface area contributed by atoms with Crippen LogP contribution in [0.3, 0.4) is 0 Å². The second-order valence-corrected chi connectivity index (χ2v) is 6.75. The monoisotopic (exact) mass is 391 g/mol. The molecule has 0 aliphatic carbocycles. The maximum absolute atomic E-state index is 13.2. The van der Waals surface area contributed by atoms with Crippen LogP contribution < -0.4 is 15.0 Å². The molecule has 2 amide bonds. The van der Waals surface area contributed by atoms with E-state index in [4.69, 9.17) is 4.74 Å². The Morgan fingerprint density at radius 2 is 1.97 bits per heavy atom. The fourth-order valence-corrected chi connectivity index (χ4v) is 3.02. The lowest BCUT2D eigenvalue weighted by atomic mass is 10.1. The van der Waals surface area contributed by atoms with E-state index >= 15 is 0 Å². The number of carbonyl (C=O) groups excluding carboxylic acids is 2. The number of nitrogens with zero attached hydrogens (tertiary/aromatic N) is 2. The minimum atomic E-state index is -0.344. The highest BCUT2D eigenvalue weighted by molar-refractivity contribution is 6.06. The van der Waals surface area contributed by atoms with Crippen LogP contribution in [-0.2, 0) is 11.3 Å². The predicted octanol–water partition coefficient (Wildman–Crippen LogP) is 3.71. The molecule has 0 saturated carbocycles. The van der Waals surface area contributed by atoms with Gasteiger partial charge in [-0.15, -0.1) is 0 Å². The molecule has 0 bridgehead atoms. The largest absolute Gasteiger partial charge is 0.482 e. The smallest absolute Gasteiger partial charge is 0.265 e. The van der Waals surface area contributed by atoms with Crippen LogP contribution in [0, 0.1) is 12.7 Å². The highest BCUT2D eigenvalue weighted by atomic mass is 19.1. The van der Waals surface area contributed by atoms with Crippen molar-refractivity contribution in [1.29, 1.82) is 0 Å². The molecular weight excluding hydrogens is 373 g/mol. The number of nitrogens with one attached hydrogen (secondary N) is 1. The molecule has 1 aromatic heterocycles. The highest BCUT2D eigenvalue weighted by Crippen LogP contribution is 2.34. The van der Waals surface area contributed by atoms with E-state index in [2.05, 4.69) is 10.3 Å². The summed E-state index contributed by atoms with van der Waals surface area (Å²) in [5.41, 5.74) is 2.62. The van der Waals surface area contributed by atoms with Crippen molar-refractivity contribution in [3.8, 4) is 5.75 Å². The molecule has 1 aliphatic rings. The molecule has 6 nitrogen and oxygen atoms in total. The van der Waals surface area contributed by atoms with Crippen LogP contribution in [0.2, 0.25) is 0 Å². The molecule has 0 spiro atoms. The minimum absolute atomic E-state index is 0.0903. The van der Waals surface area contributed by atoms with Crippen molar-refractivity contribution < 1.29 is 18.7 Å². The minimum Gasteiger partial charge on any atom is -0.482 e. The van der Waals surface area contributed by atoms with Crippen molar-refractivity contribution in [2.75, 3.05) is 16.8 Å². The van der Waals surface area contributed by atoms with Crippen LogP contribution in [-0.4, -0.2) is 23.4 Å². The van der Waals surface area contributed by atoms with Gasteiger partial charge in [0.25, 0.3) is 11.8 Å². The van der Waals surface area contributed by atoms with E-state index in [0.717, 1.165) is 11.1 Å². The van der Waals surface area contributed by atoms with Gasteiger partial charge in [0.1, 0.15) is 17.4 Å². The summed E-state index contributed by atoms with van der Waals surface area (Å²) < 4.78 is 18.7. The van der Waals surface area contributed by atoms with Crippen molar-refractivity contribution in [2.24, 2.45) is 0 Å². The number of aryl methyl sites for hydroxylation is 1. The van der Waals surface area contributed by atoms with Gasteiger partial charge in [-0.1, -0.05) is 18.2 Å². The van der Waals surface area contributed by atoms with E-state index in [-0.39, 0.29) is 30.8 Å². The van der Waals surface area contributed by atoms with E-state index in [1.165, 1.54) is 17.0 Å². The van der Waals surface area contributed by atoms with Gasteiger partial charge in [0, 0.05) is 11.8 Å². The van der Waals surface area contributed by atoms with Gasteiger partial charge in [0.2, 0.25) is 0 Å². The molecular formula is C22H18FN3O3. The third-order valence-corrected chi connectivity index (χ3v) is 4.57. The quantitative estimate of drug-likeness (QED) is 0.736. The number of pyridine rings is 1. The van der Waals surface area contributed by atoms with Gasteiger partial charge < -0.3 is 15.0 Å². The summed E-state index contributed by atoms with van der Waals surface area (Å²) in [6.07, 6.45) is 1.67. The standard InChI is InChI=1S/C22H18FN3O3/c1-14-2-9-20(24-11-14)25-22(28)16-5-8-19-18(10-16)26(21(27)13-29-19)12-15-3-6-17(23)7-4-15/h2-11H,12-13H2,1H3,(H,24,25,28). The van der Waals surface area contributed by atoms with E-state index in [1.54, 1.807) is 42.6 Å². The first-order chi connectivity index (χ1) is 14.0. The molecule has 0 atom stereocenters. The number of benzene rings is 2. The summed E-state index contributed by atoms with van der Waals surface area (Å²) in [5.74, 6) is 0.0279. The molecule has 1 aliphatic heterocycles. The number of aromatic nitrogens is 1. The fraction of sp³-hybridized carbons (Fsp3) is 0.136. The summed E-state index contributed by atoms with van der Waals surface area (Å²) in [7, 11) is 0. The Morgan fingerprint density at radius 1 is 1.17 bits per heavy atom. The Morgan fingerprint density at radius 3 is 2.69 bits per heavy atom. The van der Waals surface area contributed by atoms with Gasteiger partial charge >= 0.3 is 0 Å². The molecule has 0 saturated heterocycles. The molecule has 4 rings (SSSR count). The normalized spacial score (nSPS) is 12.9. The van der Waals surface area contributed by atoms with Crippen LogP contribution in [0.5, 0.6) is 5.75 Å². The summed E-state index contributed by atoms with van der Waals surface area (Å²) in [4.78, 5) is 30.8. The van der Waals surface area contributed by atoms with Gasteiger partial charge in [-0.25, -0.2) is 9.37 Å². The Labute approximate surface area is 166 Å². The SMILES string of the molecule is Cc1ccc(NC(=O)c2ccc3c(c2)N(Cc2ccc(F)cc2)C(=O)CO3)nc1. The molecule has 146 valence electrons. The molecule has 3 aromatic rings. The number of carbonyl (C=O) groups is 2. The average molecular weight is 391 g/mol. The molecule has 0 radical (unpaired) electrons. The van der Waals surface area contributed by atoms with Crippen LogP contribution in [0.15, 0.2) is 60.8 Å². The second kappa shape index (κ2) is 7.71. The van der Waals surface area contributed by atoms with Gasteiger partial charge in [0.15, 0.2) is 6.61 Å². The van der Waals surface area contributed by atoms with Crippen LogP contribution in [0.4, 0.5) is 15.9 Å². The van der Waals surface area contributed by atoms with Gasteiger partial charge in [-0.3, -0.25) is 9.59 Å². The molecule has 1 N–H and O–H groups in total. The number of hydrogen-bond donors (Lipinski definition) is 1. The van der Waals surface area contributed by atoms with E-state index in [1.807, 2.05) is 13.0 Å². The third kappa shape index (κ3) is 4.08. The number of ether oxygens (including phenoxy) is 1. The molecule has 2 aromatic carbocycles. The molecule has 29 heavy (non-hydrogen) atoms. The number of rotatable bonds is 4. The number of hydrogen-bond acceptors (Lipinski definition) is 4. The molecule has 0 unspecified atom stereocenters. The summed E-state index contributed by atoms with van der Waals surface area (Å²) in [5, 5.41) is 2.74. The summed E-state index contributed by atoms with van der Waals surface area (Å²) >= 11 is 0. The Kier molecular flexibility index (Phi) is 4.95. The fourth-order valence-electron chi connectivity index (χ4n) is 3.02. The van der Waals surface area contributed by atoms with E-state index in [0.29, 0.717) is 22.8 Å². The van der Waals surface area contributed by atoms with Crippen molar-refractivity contribution in [1.82, 2.24) is 4.98 Å². The van der Waals surface area contributed by atoms with Crippen molar-refractivity contribution in [2.45, 2.75) is 13.5 Å². The summed E-state index contributed by atoms with van der Waals surface area (Å²) in [6.45, 7) is 2.07. The van der Waals surface area contributed by atoms with Crippen molar-refractivity contribution >= 4 is 23.3 Å². The zero-order valence-corrected chi connectivity index (χ0v) is 15.7. The third-order valence-electron chi connectivity index (χ3n) is 4.57. The van der Waals surface area contributed by atoms with E-state index < -0.39 is 0 Å². The van der Waals surface area contributed by atoms with Crippen LogP contribution >= 0.6 is 0 Å². The van der Waals surface area contributed by atoms with Gasteiger partial charge in [-0.2, -0.15) is 0 Å². The first kappa shape index (κ1) is 18.6. The highest BCUT2D eigenvalue weighted by Gasteiger charge is 2.26. The van der Waals surface area contributed by atoms with Gasteiger partial charge in [-0.05, 0) is 54.4 Å². The lowest BCUT2D eigenvalue weighted by molar-refractivity contribution is -0.121. The maximum atomic E-state index is 13.2. The molecule has 2 heterocycles.